The van der Waals surface area contributed by atoms with Gasteiger partial charge in [-0.2, -0.15) is 0 Å². The van der Waals surface area contributed by atoms with Crippen LogP contribution in [0.4, 0.5) is 0 Å². The molecule has 0 unspecified atom stereocenters. The molecule has 5 heteroatoms. The zero-order chi connectivity index (χ0) is 15.9. The average molecular weight is 359 g/mol. The number of halogens is 1. The first-order valence-corrected chi connectivity index (χ1v) is 7.71. The molecular formula is C17H15BrN2O2. The molecule has 0 spiro atoms. The summed E-state index contributed by atoms with van der Waals surface area (Å²) in [6, 6.07) is 9.84. The highest BCUT2D eigenvalue weighted by atomic mass is 79.9. The summed E-state index contributed by atoms with van der Waals surface area (Å²) in [6.45, 7) is 3.99. The topological polar surface area (TPSA) is 54.6 Å². The summed E-state index contributed by atoms with van der Waals surface area (Å²) in [7, 11) is 0. The standard InChI is InChI=1S/C17H15BrN2O2/c1-10-3-6-15-19-17(12-5-4-11(2)13(18)7-12)14(8-16(21)22)20(15)9-10/h3-7,9H,8H2,1-2H3,(H,21,22). The second-order valence-corrected chi connectivity index (χ2v) is 6.23. The smallest absolute Gasteiger partial charge is 0.309 e. The van der Waals surface area contributed by atoms with Crippen LogP contribution in [-0.2, 0) is 11.2 Å². The normalized spacial score (nSPS) is 11.0. The SMILES string of the molecule is Cc1ccc2nc(-c3ccc(C)c(Br)c3)c(CC(=O)O)n2c1. The van der Waals surface area contributed by atoms with E-state index in [9.17, 15) is 9.90 Å². The Morgan fingerprint density at radius 1 is 1.27 bits per heavy atom. The molecule has 112 valence electrons. The molecule has 4 nitrogen and oxygen atoms in total. The van der Waals surface area contributed by atoms with Crippen LogP contribution in [0.25, 0.3) is 16.9 Å². The number of hydrogen-bond donors (Lipinski definition) is 1. The molecule has 1 N–H and O–H groups in total. The molecule has 3 aromatic rings. The number of benzene rings is 1. The Balaban J connectivity index is 2.27. The number of aliphatic carboxylic acids is 1. The van der Waals surface area contributed by atoms with E-state index >= 15 is 0 Å². The van der Waals surface area contributed by atoms with Crippen molar-refractivity contribution in [3.63, 3.8) is 0 Å². The largest absolute Gasteiger partial charge is 0.481 e. The van der Waals surface area contributed by atoms with Gasteiger partial charge in [0.15, 0.2) is 0 Å². The van der Waals surface area contributed by atoms with Gasteiger partial charge in [-0.15, -0.1) is 0 Å². The maximum Gasteiger partial charge on any atom is 0.309 e. The minimum absolute atomic E-state index is 0.0640. The van der Waals surface area contributed by atoms with Gasteiger partial charge in [0.05, 0.1) is 17.8 Å². The Morgan fingerprint density at radius 3 is 2.73 bits per heavy atom. The highest BCUT2D eigenvalue weighted by Crippen LogP contribution is 2.29. The molecule has 22 heavy (non-hydrogen) atoms. The van der Waals surface area contributed by atoms with Gasteiger partial charge in [0.2, 0.25) is 0 Å². The fourth-order valence-electron chi connectivity index (χ4n) is 2.48. The van der Waals surface area contributed by atoms with Gasteiger partial charge < -0.3 is 9.51 Å². The second-order valence-electron chi connectivity index (χ2n) is 5.38. The van der Waals surface area contributed by atoms with E-state index in [1.807, 2.05) is 54.8 Å². The first kappa shape index (κ1) is 14.8. The number of pyridine rings is 1. The third-order valence-electron chi connectivity index (χ3n) is 3.63. The molecule has 0 aliphatic rings. The molecule has 0 atom stereocenters. The molecule has 2 aromatic heterocycles. The Morgan fingerprint density at radius 2 is 2.05 bits per heavy atom. The van der Waals surface area contributed by atoms with E-state index < -0.39 is 5.97 Å². The maximum absolute atomic E-state index is 11.2. The van der Waals surface area contributed by atoms with Gasteiger partial charge in [0.1, 0.15) is 5.65 Å². The summed E-state index contributed by atoms with van der Waals surface area (Å²) in [4.78, 5) is 15.9. The minimum Gasteiger partial charge on any atom is -0.481 e. The molecule has 0 saturated carbocycles. The molecule has 2 heterocycles. The van der Waals surface area contributed by atoms with Crippen LogP contribution in [-0.4, -0.2) is 20.5 Å². The van der Waals surface area contributed by atoms with Crippen molar-refractivity contribution < 1.29 is 9.90 Å². The minimum atomic E-state index is -0.865. The number of carbonyl (C=O) groups is 1. The van der Waals surface area contributed by atoms with E-state index in [4.69, 9.17) is 0 Å². The summed E-state index contributed by atoms with van der Waals surface area (Å²) < 4.78 is 2.85. The number of fused-ring (bicyclic) bond motifs is 1. The fraction of sp³-hybridized carbons (Fsp3) is 0.176. The number of rotatable bonds is 3. The summed E-state index contributed by atoms with van der Waals surface area (Å²) in [6.07, 6.45) is 1.86. The van der Waals surface area contributed by atoms with Gasteiger partial charge in [0, 0.05) is 16.2 Å². The van der Waals surface area contributed by atoms with Gasteiger partial charge in [-0.25, -0.2) is 4.98 Å². The van der Waals surface area contributed by atoms with E-state index in [1.165, 1.54) is 0 Å². The predicted molar refractivity (Wildman–Crippen MR) is 89.1 cm³/mol. The molecule has 0 fully saturated rings. The Bertz CT molecular complexity index is 884. The van der Waals surface area contributed by atoms with Crippen LogP contribution in [0.15, 0.2) is 41.0 Å². The van der Waals surface area contributed by atoms with Crippen LogP contribution in [0.2, 0.25) is 0 Å². The molecule has 3 rings (SSSR count). The van der Waals surface area contributed by atoms with Crippen LogP contribution >= 0.6 is 15.9 Å². The number of nitrogens with zero attached hydrogens (tertiary/aromatic N) is 2. The summed E-state index contributed by atoms with van der Waals surface area (Å²) in [5.74, 6) is -0.865. The third-order valence-corrected chi connectivity index (χ3v) is 4.48. The summed E-state index contributed by atoms with van der Waals surface area (Å²) in [5.41, 5.74) is 5.27. The summed E-state index contributed by atoms with van der Waals surface area (Å²) >= 11 is 3.52. The maximum atomic E-state index is 11.2. The number of carboxylic acid groups (broad SMARTS) is 1. The van der Waals surface area contributed by atoms with Crippen LogP contribution in [0.5, 0.6) is 0 Å². The first-order chi connectivity index (χ1) is 10.5. The molecule has 0 saturated heterocycles. The molecule has 0 aliphatic heterocycles. The van der Waals surface area contributed by atoms with Gasteiger partial charge >= 0.3 is 5.97 Å². The van der Waals surface area contributed by atoms with Crippen LogP contribution in [0.1, 0.15) is 16.8 Å². The second kappa shape index (κ2) is 5.57. The monoisotopic (exact) mass is 358 g/mol. The summed E-state index contributed by atoms with van der Waals surface area (Å²) in [5, 5.41) is 9.23. The van der Waals surface area contributed by atoms with Gasteiger partial charge in [-0.1, -0.05) is 34.1 Å². The highest BCUT2D eigenvalue weighted by molar-refractivity contribution is 9.10. The third kappa shape index (κ3) is 2.64. The zero-order valence-electron chi connectivity index (χ0n) is 12.3. The molecule has 0 amide bonds. The van der Waals surface area contributed by atoms with E-state index in [0.717, 1.165) is 26.8 Å². The predicted octanol–water partition coefficient (Wildman–Crippen LogP) is 4.01. The van der Waals surface area contributed by atoms with E-state index in [0.29, 0.717) is 11.4 Å². The number of aromatic nitrogens is 2. The van der Waals surface area contributed by atoms with Crippen molar-refractivity contribution in [2.75, 3.05) is 0 Å². The number of imidazole rings is 1. The van der Waals surface area contributed by atoms with E-state index in [2.05, 4.69) is 20.9 Å². The number of carboxylic acids is 1. The quantitative estimate of drug-likeness (QED) is 0.769. The molecule has 0 aliphatic carbocycles. The van der Waals surface area contributed by atoms with Crippen molar-refractivity contribution in [2.24, 2.45) is 0 Å². The lowest BCUT2D eigenvalue weighted by Crippen LogP contribution is -2.05. The van der Waals surface area contributed by atoms with Crippen LogP contribution < -0.4 is 0 Å². The molecule has 1 aromatic carbocycles. The average Bonchev–Trinajstić information content (AvgIpc) is 2.79. The van der Waals surface area contributed by atoms with Crippen molar-refractivity contribution in [1.29, 1.82) is 0 Å². The van der Waals surface area contributed by atoms with Gasteiger partial charge in [-0.05, 0) is 37.1 Å². The van der Waals surface area contributed by atoms with Gasteiger partial charge in [-0.3, -0.25) is 4.79 Å². The lowest BCUT2D eigenvalue weighted by atomic mass is 10.1. The molecule has 0 radical (unpaired) electrons. The Labute approximate surface area is 136 Å². The van der Waals surface area contributed by atoms with Crippen molar-refractivity contribution >= 4 is 27.5 Å². The highest BCUT2D eigenvalue weighted by Gasteiger charge is 2.17. The van der Waals surface area contributed by atoms with Crippen molar-refractivity contribution in [2.45, 2.75) is 20.3 Å². The molecular weight excluding hydrogens is 344 g/mol. The van der Waals surface area contributed by atoms with Crippen LogP contribution in [0, 0.1) is 13.8 Å². The molecule has 0 bridgehead atoms. The lowest BCUT2D eigenvalue weighted by molar-refractivity contribution is -0.136. The number of hydrogen-bond acceptors (Lipinski definition) is 2. The first-order valence-electron chi connectivity index (χ1n) is 6.91. The van der Waals surface area contributed by atoms with E-state index in [-0.39, 0.29) is 6.42 Å². The zero-order valence-corrected chi connectivity index (χ0v) is 13.9. The van der Waals surface area contributed by atoms with Crippen molar-refractivity contribution in [3.8, 4) is 11.3 Å². The van der Waals surface area contributed by atoms with Gasteiger partial charge in [0.25, 0.3) is 0 Å². The van der Waals surface area contributed by atoms with Crippen LogP contribution in [0.3, 0.4) is 0 Å². The van der Waals surface area contributed by atoms with E-state index in [1.54, 1.807) is 0 Å². The lowest BCUT2D eigenvalue weighted by Gasteiger charge is -2.05. The Kier molecular flexibility index (Phi) is 3.74. The number of aryl methyl sites for hydroxylation is 2. The fourth-order valence-corrected chi connectivity index (χ4v) is 2.86. The van der Waals surface area contributed by atoms with Crippen molar-refractivity contribution in [3.05, 3.63) is 57.8 Å². The Hall–Kier alpha value is -2.14. The van der Waals surface area contributed by atoms with Crippen molar-refractivity contribution in [1.82, 2.24) is 9.38 Å².